The Morgan fingerprint density at radius 1 is 1.38 bits per heavy atom. The van der Waals surface area contributed by atoms with Crippen LogP contribution in [0, 0.1) is 0 Å². The van der Waals surface area contributed by atoms with Crippen molar-refractivity contribution in [2.45, 2.75) is 6.36 Å². The Balaban J connectivity index is 2.94. The van der Waals surface area contributed by atoms with Crippen LogP contribution in [0.2, 0.25) is 0 Å². The molecule has 0 atom stereocenters. The van der Waals surface area contributed by atoms with Gasteiger partial charge in [0, 0.05) is 16.2 Å². The molecule has 0 saturated heterocycles. The van der Waals surface area contributed by atoms with E-state index in [1.54, 1.807) is 0 Å². The largest absolute Gasteiger partial charge is 0.573 e. The molecular formula is C8H6BrF3N2OS. The zero-order valence-corrected chi connectivity index (χ0v) is 10.0. The van der Waals surface area contributed by atoms with Crippen molar-refractivity contribution in [1.82, 2.24) is 0 Å². The Labute approximate surface area is 103 Å². The van der Waals surface area contributed by atoms with Crippen molar-refractivity contribution in [3.63, 3.8) is 0 Å². The van der Waals surface area contributed by atoms with Crippen molar-refractivity contribution in [2.24, 2.45) is 5.73 Å². The molecule has 1 aromatic carbocycles. The molecule has 0 unspecified atom stereocenters. The van der Waals surface area contributed by atoms with Crippen LogP contribution >= 0.6 is 28.1 Å². The normalized spacial score (nSPS) is 11.0. The van der Waals surface area contributed by atoms with Crippen LogP contribution in [0.25, 0.3) is 0 Å². The zero-order chi connectivity index (χ0) is 12.3. The molecule has 0 amide bonds. The summed E-state index contributed by atoms with van der Waals surface area (Å²) in [5.41, 5.74) is 5.50. The van der Waals surface area contributed by atoms with Crippen molar-refractivity contribution in [1.29, 1.82) is 0 Å². The van der Waals surface area contributed by atoms with Crippen molar-refractivity contribution < 1.29 is 17.9 Å². The number of hydrogen-bond acceptors (Lipinski definition) is 2. The van der Waals surface area contributed by atoms with E-state index in [1.165, 1.54) is 12.1 Å². The second-order valence-corrected chi connectivity index (χ2v) is 4.07. The number of ether oxygens (including phenoxy) is 1. The predicted molar refractivity (Wildman–Crippen MR) is 61.2 cm³/mol. The third kappa shape index (κ3) is 4.67. The van der Waals surface area contributed by atoms with Gasteiger partial charge in [0.05, 0.1) is 0 Å². The number of nitrogens with two attached hydrogens (primary N) is 1. The van der Waals surface area contributed by atoms with Crippen LogP contribution in [0.3, 0.4) is 0 Å². The molecular weight excluding hydrogens is 309 g/mol. The lowest BCUT2D eigenvalue weighted by atomic mass is 10.3. The quantitative estimate of drug-likeness (QED) is 0.824. The number of halogens is 4. The lowest BCUT2D eigenvalue weighted by molar-refractivity contribution is -0.274. The highest BCUT2D eigenvalue weighted by Gasteiger charge is 2.31. The van der Waals surface area contributed by atoms with E-state index in [0.29, 0.717) is 10.2 Å². The van der Waals surface area contributed by atoms with Gasteiger partial charge >= 0.3 is 6.36 Å². The molecule has 8 heteroatoms. The molecule has 0 aliphatic carbocycles. The number of alkyl halides is 3. The highest BCUT2D eigenvalue weighted by molar-refractivity contribution is 9.10. The highest BCUT2D eigenvalue weighted by atomic mass is 79.9. The first-order valence-electron chi connectivity index (χ1n) is 3.89. The van der Waals surface area contributed by atoms with E-state index in [2.05, 4.69) is 38.2 Å². The molecule has 88 valence electrons. The SMILES string of the molecule is NC(=S)Nc1cc(Br)cc(OC(F)(F)F)c1. The molecule has 1 rings (SSSR count). The monoisotopic (exact) mass is 314 g/mol. The van der Waals surface area contributed by atoms with Crippen LogP contribution in [-0.2, 0) is 0 Å². The number of benzene rings is 1. The topological polar surface area (TPSA) is 47.3 Å². The van der Waals surface area contributed by atoms with Gasteiger partial charge in [-0.25, -0.2) is 0 Å². The fraction of sp³-hybridized carbons (Fsp3) is 0.125. The van der Waals surface area contributed by atoms with Gasteiger partial charge < -0.3 is 15.8 Å². The third-order valence-corrected chi connectivity index (χ3v) is 1.93. The molecule has 1 aromatic rings. The predicted octanol–water partition coefficient (Wildman–Crippen LogP) is 3.00. The number of anilines is 1. The fourth-order valence-electron chi connectivity index (χ4n) is 0.970. The average molecular weight is 315 g/mol. The van der Waals surface area contributed by atoms with E-state index >= 15 is 0 Å². The Morgan fingerprint density at radius 3 is 2.50 bits per heavy atom. The van der Waals surface area contributed by atoms with E-state index in [1.807, 2.05) is 0 Å². The molecule has 3 nitrogen and oxygen atoms in total. The van der Waals surface area contributed by atoms with Gasteiger partial charge in [0.1, 0.15) is 5.75 Å². The van der Waals surface area contributed by atoms with Gasteiger partial charge in [-0.3, -0.25) is 0 Å². The van der Waals surface area contributed by atoms with Crippen molar-refractivity contribution in [2.75, 3.05) is 5.32 Å². The van der Waals surface area contributed by atoms with Gasteiger partial charge in [-0.2, -0.15) is 0 Å². The number of rotatable bonds is 2. The maximum Gasteiger partial charge on any atom is 0.573 e. The van der Waals surface area contributed by atoms with E-state index in [0.717, 1.165) is 6.07 Å². The molecule has 0 heterocycles. The molecule has 0 aromatic heterocycles. The van der Waals surface area contributed by atoms with E-state index < -0.39 is 6.36 Å². The summed E-state index contributed by atoms with van der Waals surface area (Å²) in [5.74, 6) is -0.361. The van der Waals surface area contributed by atoms with E-state index in [4.69, 9.17) is 5.73 Å². The Bertz CT molecular complexity index is 411. The number of hydrogen-bond donors (Lipinski definition) is 2. The summed E-state index contributed by atoms with van der Waals surface area (Å²) in [5, 5.41) is 2.46. The van der Waals surface area contributed by atoms with Crippen molar-refractivity contribution in [3.8, 4) is 5.75 Å². The standard InChI is InChI=1S/C8H6BrF3N2OS/c9-4-1-5(14-7(13)16)3-6(2-4)15-8(10,11)12/h1-3H,(H3,13,14,16). The summed E-state index contributed by atoms with van der Waals surface area (Å²) in [7, 11) is 0. The Hall–Kier alpha value is -1.02. The van der Waals surface area contributed by atoms with E-state index in [9.17, 15) is 13.2 Å². The summed E-state index contributed by atoms with van der Waals surface area (Å²) in [4.78, 5) is 0. The molecule has 16 heavy (non-hydrogen) atoms. The highest BCUT2D eigenvalue weighted by Crippen LogP contribution is 2.29. The Morgan fingerprint density at radius 2 is 2.00 bits per heavy atom. The summed E-state index contributed by atoms with van der Waals surface area (Å²) in [6.45, 7) is 0. The minimum atomic E-state index is -4.73. The molecule has 0 aliphatic heterocycles. The van der Waals surface area contributed by atoms with Crippen LogP contribution in [0.15, 0.2) is 22.7 Å². The first-order chi connectivity index (χ1) is 7.26. The van der Waals surface area contributed by atoms with Gasteiger partial charge in [-0.1, -0.05) is 15.9 Å². The minimum absolute atomic E-state index is 0.0453. The van der Waals surface area contributed by atoms with Gasteiger partial charge in [0.2, 0.25) is 0 Å². The van der Waals surface area contributed by atoms with Crippen LogP contribution in [0.5, 0.6) is 5.75 Å². The molecule has 0 fully saturated rings. The second kappa shape index (κ2) is 4.88. The lowest BCUT2D eigenvalue weighted by Gasteiger charge is -2.11. The van der Waals surface area contributed by atoms with Crippen LogP contribution in [-0.4, -0.2) is 11.5 Å². The summed E-state index contributed by atoms with van der Waals surface area (Å²) in [6.07, 6.45) is -4.73. The molecule has 0 spiro atoms. The van der Waals surface area contributed by atoms with Gasteiger partial charge in [0.25, 0.3) is 0 Å². The smallest absolute Gasteiger partial charge is 0.406 e. The van der Waals surface area contributed by atoms with Crippen LogP contribution in [0.4, 0.5) is 18.9 Å². The molecule has 0 radical (unpaired) electrons. The molecule has 0 bridgehead atoms. The minimum Gasteiger partial charge on any atom is -0.406 e. The lowest BCUT2D eigenvalue weighted by Crippen LogP contribution is -2.20. The summed E-state index contributed by atoms with van der Waals surface area (Å²) in [6, 6.07) is 3.83. The Kier molecular flexibility index (Phi) is 3.98. The van der Waals surface area contributed by atoms with Crippen LogP contribution < -0.4 is 15.8 Å². The third-order valence-electron chi connectivity index (χ3n) is 1.37. The first kappa shape index (κ1) is 13.0. The average Bonchev–Trinajstić information content (AvgIpc) is 1.96. The van der Waals surface area contributed by atoms with Gasteiger partial charge in [-0.05, 0) is 24.4 Å². The van der Waals surface area contributed by atoms with E-state index in [-0.39, 0.29) is 10.9 Å². The fourth-order valence-corrected chi connectivity index (χ4v) is 1.56. The first-order valence-corrected chi connectivity index (χ1v) is 5.09. The van der Waals surface area contributed by atoms with Gasteiger partial charge in [0.15, 0.2) is 5.11 Å². The molecule has 0 aliphatic rings. The maximum atomic E-state index is 12.0. The summed E-state index contributed by atoms with van der Waals surface area (Å²) >= 11 is 7.60. The van der Waals surface area contributed by atoms with Crippen molar-refractivity contribution >= 4 is 38.9 Å². The number of thiocarbonyl (C=S) groups is 1. The van der Waals surface area contributed by atoms with Crippen molar-refractivity contribution in [3.05, 3.63) is 22.7 Å². The summed E-state index contributed by atoms with van der Waals surface area (Å²) < 4.78 is 40.0. The molecule has 0 saturated carbocycles. The van der Waals surface area contributed by atoms with Crippen LogP contribution in [0.1, 0.15) is 0 Å². The molecule has 3 N–H and O–H groups in total. The second-order valence-electron chi connectivity index (χ2n) is 2.71. The number of nitrogens with one attached hydrogen (secondary N) is 1. The maximum absolute atomic E-state index is 12.0. The zero-order valence-electron chi connectivity index (χ0n) is 7.64. The van der Waals surface area contributed by atoms with Gasteiger partial charge in [-0.15, -0.1) is 13.2 Å².